The number of rotatable bonds is 4. The zero-order valence-electron chi connectivity index (χ0n) is 12.6. The van der Waals surface area contributed by atoms with Gasteiger partial charge in [-0.05, 0) is 5.56 Å². The molecule has 1 aromatic heterocycles. The highest BCUT2D eigenvalue weighted by Crippen LogP contribution is 2.51. The van der Waals surface area contributed by atoms with Crippen molar-refractivity contribution in [2.75, 3.05) is 7.11 Å². The van der Waals surface area contributed by atoms with E-state index in [1.807, 2.05) is 0 Å². The summed E-state index contributed by atoms with van der Waals surface area (Å²) in [5, 5.41) is 33.9. The minimum atomic E-state index is -1.31. The van der Waals surface area contributed by atoms with E-state index in [9.17, 15) is 20.1 Å². The highest BCUT2D eigenvalue weighted by molar-refractivity contribution is 6.07. The van der Waals surface area contributed by atoms with Gasteiger partial charge < -0.3 is 24.6 Å². The van der Waals surface area contributed by atoms with E-state index in [1.54, 1.807) is 30.3 Å². The number of hydrogen-bond donors (Lipinski definition) is 3. The summed E-state index contributed by atoms with van der Waals surface area (Å²) in [4.78, 5) is 11.9. The molecular formula is C17H13NO6. The topological polar surface area (TPSA) is 113 Å². The van der Waals surface area contributed by atoms with Crippen LogP contribution in [0.1, 0.15) is 10.4 Å². The van der Waals surface area contributed by atoms with Crippen molar-refractivity contribution in [2.24, 2.45) is 0 Å². The largest absolute Gasteiger partial charge is 0.504 e. The van der Waals surface area contributed by atoms with Crippen molar-refractivity contribution in [1.82, 2.24) is 5.16 Å². The first-order valence-electron chi connectivity index (χ1n) is 6.91. The molecule has 3 N–H and O–H groups in total. The molecule has 3 aromatic rings. The fraction of sp³-hybridized carbons (Fsp3) is 0.0588. The van der Waals surface area contributed by atoms with Gasteiger partial charge in [-0.3, -0.25) is 0 Å². The number of carboxylic acid groups (broad SMARTS) is 1. The summed E-state index contributed by atoms with van der Waals surface area (Å²) < 4.78 is 10.1. The molecule has 0 unspecified atom stereocenters. The van der Waals surface area contributed by atoms with Gasteiger partial charge in [0.15, 0.2) is 17.3 Å². The minimum absolute atomic E-state index is 0.0139. The van der Waals surface area contributed by atoms with E-state index in [0.29, 0.717) is 5.56 Å². The second kappa shape index (κ2) is 5.96. The second-order valence-electron chi connectivity index (χ2n) is 4.90. The van der Waals surface area contributed by atoms with Crippen LogP contribution >= 0.6 is 0 Å². The van der Waals surface area contributed by atoms with Crippen molar-refractivity contribution in [3.05, 3.63) is 48.2 Å². The van der Waals surface area contributed by atoms with Crippen LogP contribution in [0.15, 0.2) is 47.1 Å². The number of methoxy groups -OCH3 is 1. The normalized spacial score (nSPS) is 10.5. The van der Waals surface area contributed by atoms with Crippen LogP contribution in [-0.2, 0) is 0 Å². The van der Waals surface area contributed by atoms with Crippen molar-refractivity contribution in [1.29, 1.82) is 0 Å². The third-order valence-corrected chi connectivity index (χ3v) is 3.57. The SMILES string of the molecule is COc1c(O)c(O)c(-c2ccno2)c(C(=O)O)c1-c1ccccc1. The quantitative estimate of drug-likeness (QED) is 0.631. The average molecular weight is 327 g/mol. The molecule has 7 nitrogen and oxygen atoms in total. The van der Waals surface area contributed by atoms with E-state index in [1.165, 1.54) is 19.4 Å². The average Bonchev–Trinajstić information content (AvgIpc) is 3.11. The minimum Gasteiger partial charge on any atom is -0.504 e. The number of phenolic OH excluding ortho intramolecular Hbond substituents is 2. The first kappa shape index (κ1) is 15.4. The highest BCUT2D eigenvalue weighted by Gasteiger charge is 2.31. The van der Waals surface area contributed by atoms with Gasteiger partial charge in [-0.15, -0.1) is 0 Å². The Balaban J connectivity index is 2.49. The van der Waals surface area contributed by atoms with Crippen molar-refractivity contribution >= 4 is 5.97 Å². The standard InChI is InChI=1S/C17H13NO6/c1-23-16-11(9-5-3-2-4-6-9)13(17(21)22)12(14(19)15(16)20)10-7-8-18-24-10/h2-8,19-20H,1H3,(H,21,22). The predicted octanol–water partition coefficient (Wildman–Crippen LogP) is 3.13. The Hall–Kier alpha value is -3.48. The van der Waals surface area contributed by atoms with Crippen molar-refractivity contribution < 1.29 is 29.4 Å². The molecule has 0 bridgehead atoms. The molecule has 0 saturated carbocycles. The Kier molecular flexibility index (Phi) is 3.83. The molecule has 0 amide bonds. The van der Waals surface area contributed by atoms with Crippen LogP contribution in [0.5, 0.6) is 17.2 Å². The number of aromatic carboxylic acids is 1. The summed E-state index contributed by atoms with van der Waals surface area (Å²) in [5.41, 5.74) is 0.206. The molecule has 0 aliphatic rings. The third-order valence-electron chi connectivity index (χ3n) is 3.57. The van der Waals surface area contributed by atoms with Crippen LogP contribution in [0.4, 0.5) is 0 Å². The van der Waals surface area contributed by atoms with Gasteiger partial charge in [0.1, 0.15) is 0 Å². The van der Waals surface area contributed by atoms with E-state index in [-0.39, 0.29) is 28.2 Å². The molecule has 3 rings (SSSR count). The monoisotopic (exact) mass is 327 g/mol. The Labute approximate surface area is 136 Å². The lowest BCUT2D eigenvalue weighted by atomic mass is 9.91. The number of aromatic hydroxyl groups is 2. The molecule has 0 aliphatic heterocycles. The van der Waals surface area contributed by atoms with E-state index >= 15 is 0 Å². The van der Waals surface area contributed by atoms with Crippen LogP contribution < -0.4 is 4.74 Å². The van der Waals surface area contributed by atoms with Gasteiger partial charge in [-0.2, -0.15) is 0 Å². The number of nitrogens with zero attached hydrogens (tertiary/aromatic N) is 1. The molecule has 24 heavy (non-hydrogen) atoms. The number of phenols is 2. The van der Waals surface area contributed by atoms with Gasteiger partial charge in [-0.25, -0.2) is 4.79 Å². The summed E-state index contributed by atoms with van der Waals surface area (Å²) in [7, 11) is 1.28. The van der Waals surface area contributed by atoms with Crippen molar-refractivity contribution in [3.63, 3.8) is 0 Å². The molecule has 0 radical (unpaired) electrons. The predicted molar refractivity (Wildman–Crippen MR) is 84.2 cm³/mol. The van der Waals surface area contributed by atoms with E-state index in [0.717, 1.165) is 0 Å². The van der Waals surface area contributed by atoms with Gasteiger partial charge in [0.05, 0.1) is 24.4 Å². The molecule has 0 fully saturated rings. The summed E-state index contributed by atoms with van der Waals surface area (Å²) in [5.74, 6) is -2.67. The fourth-order valence-electron chi connectivity index (χ4n) is 2.58. The number of ether oxygens (including phenoxy) is 1. The molecule has 7 heteroatoms. The summed E-state index contributed by atoms with van der Waals surface area (Å²) >= 11 is 0. The Morgan fingerprint density at radius 2 is 1.79 bits per heavy atom. The van der Waals surface area contributed by atoms with Gasteiger partial charge >= 0.3 is 5.97 Å². The number of benzene rings is 2. The summed E-state index contributed by atoms with van der Waals surface area (Å²) in [6.45, 7) is 0. The Morgan fingerprint density at radius 1 is 1.08 bits per heavy atom. The van der Waals surface area contributed by atoms with Crippen LogP contribution in [0.3, 0.4) is 0 Å². The van der Waals surface area contributed by atoms with E-state index in [2.05, 4.69) is 5.16 Å². The Bertz CT molecular complexity index is 887. The smallest absolute Gasteiger partial charge is 0.337 e. The van der Waals surface area contributed by atoms with Crippen LogP contribution in [-0.4, -0.2) is 33.6 Å². The zero-order chi connectivity index (χ0) is 17.3. The maximum absolute atomic E-state index is 11.9. The molecule has 0 atom stereocenters. The van der Waals surface area contributed by atoms with Crippen molar-refractivity contribution in [2.45, 2.75) is 0 Å². The first-order chi connectivity index (χ1) is 11.6. The number of carboxylic acids is 1. The third kappa shape index (κ3) is 2.32. The van der Waals surface area contributed by atoms with Gasteiger partial charge in [-0.1, -0.05) is 35.5 Å². The fourth-order valence-corrected chi connectivity index (χ4v) is 2.58. The first-order valence-corrected chi connectivity index (χ1v) is 6.91. The molecule has 0 aliphatic carbocycles. The second-order valence-corrected chi connectivity index (χ2v) is 4.90. The molecular weight excluding hydrogens is 314 g/mol. The van der Waals surface area contributed by atoms with Crippen LogP contribution in [0.25, 0.3) is 22.5 Å². The molecule has 122 valence electrons. The Morgan fingerprint density at radius 3 is 2.33 bits per heavy atom. The molecule has 0 spiro atoms. The number of hydrogen-bond acceptors (Lipinski definition) is 6. The molecule has 1 heterocycles. The lowest BCUT2D eigenvalue weighted by molar-refractivity contribution is 0.0697. The molecule has 0 saturated heterocycles. The van der Waals surface area contributed by atoms with Gasteiger partial charge in [0.2, 0.25) is 5.75 Å². The maximum Gasteiger partial charge on any atom is 0.337 e. The maximum atomic E-state index is 11.9. The molecule has 2 aromatic carbocycles. The van der Waals surface area contributed by atoms with E-state index < -0.39 is 17.5 Å². The zero-order valence-corrected chi connectivity index (χ0v) is 12.6. The van der Waals surface area contributed by atoms with Crippen LogP contribution in [0, 0.1) is 0 Å². The highest BCUT2D eigenvalue weighted by atomic mass is 16.5. The lowest BCUT2D eigenvalue weighted by Crippen LogP contribution is -2.05. The summed E-state index contributed by atoms with van der Waals surface area (Å²) in [6, 6.07) is 9.95. The van der Waals surface area contributed by atoms with E-state index in [4.69, 9.17) is 9.26 Å². The lowest BCUT2D eigenvalue weighted by Gasteiger charge is -2.18. The number of carbonyl (C=O) groups is 1. The van der Waals surface area contributed by atoms with Gasteiger partial charge in [0.25, 0.3) is 0 Å². The number of aromatic nitrogens is 1. The van der Waals surface area contributed by atoms with Gasteiger partial charge in [0, 0.05) is 11.6 Å². The van der Waals surface area contributed by atoms with Crippen LogP contribution in [0.2, 0.25) is 0 Å². The summed E-state index contributed by atoms with van der Waals surface area (Å²) in [6.07, 6.45) is 1.31. The van der Waals surface area contributed by atoms with Crippen molar-refractivity contribution in [3.8, 4) is 39.7 Å².